The molecule has 2 N–H and O–H groups in total. The topological polar surface area (TPSA) is 58.2 Å². The number of carbonyl (C=O) groups is 2. The zero-order chi connectivity index (χ0) is 22.2. The van der Waals surface area contributed by atoms with E-state index in [9.17, 15) is 9.59 Å². The average Bonchev–Trinajstić information content (AvgIpc) is 2.83. The van der Waals surface area contributed by atoms with E-state index in [1.54, 1.807) is 6.08 Å². The summed E-state index contributed by atoms with van der Waals surface area (Å²) >= 11 is 1.45. The van der Waals surface area contributed by atoms with Crippen LogP contribution in [0.2, 0.25) is 0 Å². The quantitative estimate of drug-likeness (QED) is 0.266. The van der Waals surface area contributed by atoms with Crippen LogP contribution in [-0.4, -0.2) is 17.6 Å². The minimum absolute atomic E-state index is 0.0614. The van der Waals surface area contributed by atoms with E-state index in [0.29, 0.717) is 11.4 Å². The van der Waals surface area contributed by atoms with Gasteiger partial charge >= 0.3 is 0 Å². The number of rotatable bonds is 7. The first-order chi connectivity index (χ1) is 15.7. The highest BCUT2D eigenvalue weighted by Crippen LogP contribution is 2.22. The second-order valence-corrected chi connectivity index (χ2v) is 8.21. The van der Waals surface area contributed by atoms with E-state index in [-0.39, 0.29) is 11.8 Å². The van der Waals surface area contributed by atoms with Crippen LogP contribution in [0.1, 0.15) is 5.56 Å². The average molecular weight is 439 g/mol. The molecule has 4 rings (SSSR count). The van der Waals surface area contributed by atoms with E-state index in [0.717, 1.165) is 26.9 Å². The van der Waals surface area contributed by atoms with Crippen molar-refractivity contribution in [1.82, 2.24) is 0 Å². The molecule has 0 aliphatic heterocycles. The van der Waals surface area contributed by atoms with Crippen LogP contribution in [0.25, 0.3) is 16.8 Å². The summed E-state index contributed by atoms with van der Waals surface area (Å²) in [6.45, 7) is 0. The Morgan fingerprint density at radius 1 is 0.719 bits per heavy atom. The van der Waals surface area contributed by atoms with Gasteiger partial charge in [-0.25, -0.2) is 0 Å². The number of anilines is 2. The minimum Gasteiger partial charge on any atom is -0.325 e. The largest absolute Gasteiger partial charge is 0.325 e. The molecule has 0 fully saturated rings. The summed E-state index contributed by atoms with van der Waals surface area (Å²) in [4.78, 5) is 25.4. The molecule has 0 spiro atoms. The fourth-order valence-corrected chi connectivity index (χ4v) is 3.87. The van der Waals surface area contributed by atoms with Crippen LogP contribution in [0.5, 0.6) is 0 Å². The standard InChI is InChI=1S/C27H22N2O2S/c30-26(17-10-20-6-2-1-3-7-20)28-23-13-15-25(16-14-23)32-19-27(31)29-24-12-11-21-8-4-5-9-22(21)18-24/h1-18H,19H2,(H,28,30)(H,29,31)/b17-10+. The number of hydrogen-bond donors (Lipinski definition) is 2. The van der Waals surface area contributed by atoms with Crippen LogP contribution in [0.3, 0.4) is 0 Å². The third-order valence-corrected chi connectivity index (χ3v) is 5.76. The van der Waals surface area contributed by atoms with Crippen molar-refractivity contribution in [2.75, 3.05) is 16.4 Å². The van der Waals surface area contributed by atoms with Gasteiger partial charge in [-0.2, -0.15) is 0 Å². The summed E-state index contributed by atoms with van der Waals surface area (Å²) in [6.07, 6.45) is 3.28. The monoisotopic (exact) mass is 438 g/mol. The lowest BCUT2D eigenvalue weighted by molar-refractivity contribution is -0.114. The molecule has 2 amide bonds. The predicted octanol–water partition coefficient (Wildman–Crippen LogP) is 6.22. The number of fused-ring (bicyclic) bond motifs is 1. The molecule has 0 atom stereocenters. The van der Waals surface area contributed by atoms with Crippen molar-refractivity contribution in [3.05, 3.63) is 109 Å². The maximum atomic E-state index is 12.3. The number of hydrogen-bond acceptors (Lipinski definition) is 3. The molecule has 0 heterocycles. The molecule has 0 unspecified atom stereocenters. The summed E-state index contributed by atoms with van der Waals surface area (Å²) in [5.74, 6) is 0.0518. The highest BCUT2D eigenvalue weighted by Gasteiger charge is 2.05. The summed E-state index contributed by atoms with van der Waals surface area (Å²) < 4.78 is 0. The van der Waals surface area contributed by atoms with Crippen molar-refractivity contribution in [3.63, 3.8) is 0 Å². The Morgan fingerprint density at radius 3 is 2.19 bits per heavy atom. The maximum absolute atomic E-state index is 12.3. The van der Waals surface area contributed by atoms with Crippen molar-refractivity contribution in [3.8, 4) is 0 Å². The van der Waals surface area contributed by atoms with Crippen LogP contribution in [-0.2, 0) is 9.59 Å². The summed E-state index contributed by atoms with van der Waals surface area (Å²) in [6, 6.07) is 31.0. The van der Waals surface area contributed by atoms with Crippen LogP contribution >= 0.6 is 11.8 Å². The van der Waals surface area contributed by atoms with Crippen molar-refractivity contribution in [2.45, 2.75) is 4.90 Å². The zero-order valence-electron chi connectivity index (χ0n) is 17.3. The first kappa shape index (κ1) is 21.4. The Labute approximate surface area is 191 Å². The summed E-state index contributed by atoms with van der Waals surface area (Å²) in [5.41, 5.74) is 2.46. The van der Waals surface area contributed by atoms with Gasteiger partial charge in [0.2, 0.25) is 11.8 Å². The molecule has 0 aliphatic carbocycles. The second kappa shape index (κ2) is 10.5. The summed E-state index contributed by atoms with van der Waals surface area (Å²) in [5, 5.41) is 8.02. The Balaban J connectivity index is 1.26. The zero-order valence-corrected chi connectivity index (χ0v) is 18.1. The molecule has 4 aromatic carbocycles. The van der Waals surface area contributed by atoms with Gasteiger partial charge < -0.3 is 10.6 Å². The molecule has 5 heteroatoms. The van der Waals surface area contributed by atoms with E-state index < -0.39 is 0 Å². The number of benzene rings is 4. The lowest BCUT2D eigenvalue weighted by Gasteiger charge is -2.07. The summed E-state index contributed by atoms with van der Waals surface area (Å²) in [7, 11) is 0. The van der Waals surface area contributed by atoms with Gasteiger partial charge in [-0.15, -0.1) is 11.8 Å². The lowest BCUT2D eigenvalue weighted by Crippen LogP contribution is -2.13. The van der Waals surface area contributed by atoms with Gasteiger partial charge in [-0.05, 0) is 58.8 Å². The Morgan fingerprint density at radius 2 is 1.41 bits per heavy atom. The van der Waals surface area contributed by atoms with E-state index in [2.05, 4.69) is 10.6 Å². The highest BCUT2D eigenvalue weighted by atomic mass is 32.2. The molecular formula is C27H22N2O2S. The van der Waals surface area contributed by atoms with Gasteiger partial charge in [0.15, 0.2) is 0 Å². The van der Waals surface area contributed by atoms with E-state index in [1.807, 2.05) is 97.1 Å². The third kappa shape index (κ3) is 6.09. The van der Waals surface area contributed by atoms with Gasteiger partial charge in [0.25, 0.3) is 0 Å². The van der Waals surface area contributed by atoms with Gasteiger partial charge in [0.05, 0.1) is 5.75 Å². The second-order valence-electron chi connectivity index (χ2n) is 7.16. The lowest BCUT2D eigenvalue weighted by atomic mass is 10.1. The molecule has 0 saturated heterocycles. The minimum atomic E-state index is -0.191. The molecule has 4 nitrogen and oxygen atoms in total. The van der Waals surface area contributed by atoms with Gasteiger partial charge in [0.1, 0.15) is 0 Å². The maximum Gasteiger partial charge on any atom is 0.248 e. The normalized spacial score (nSPS) is 10.9. The number of nitrogens with one attached hydrogen (secondary N) is 2. The van der Waals surface area contributed by atoms with Crippen LogP contribution in [0, 0.1) is 0 Å². The number of thioether (sulfide) groups is 1. The van der Waals surface area contributed by atoms with E-state index >= 15 is 0 Å². The van der Waals surface area contributed by atoms with Crippen molar-refractivity contribution in [1.29, 1.82) is 0 Å². The third-order valence-electron chi connectivity index (χ3n) is 4.75. The van der Waals surface area contributed by atoms with Gasteiger partial charge in [0, 0.05) is 22.3 Å². The molecule has 4 aromatic rings. The number of carbonyl (C=O) groups excluding carboxylic acids is 2. The Hall–Kier alpha value is -3.83. The van der Waals surface area contributed by atoms with Gasteiger partial charge in [-0.1, -0.05) is 60.7 Å². The fraction of sp³-hybridized carbons (Fsp3) is 0.0370. The smallest absolute Gasteiger partial charge is 0.248 e. The van der Waals surface area contributed by atoms with Crippen LogP contribution < -0.4 is 10.6 Å². The van der Waals surface area contributed by atoms with Crippen molar-refractivity contribution < 1.29 is 9.59 Å². The van der Waals surface area contributed by atoms with Crippen LogP contribution in [0.4, 0.5) is 11.4 Å². The predicted molar refractivity (Wildman–Crippen MR) is 134 cm³/mol. The fourth-order valence-electron chi connectivity index (χ4n) is 3.17. The van der Waals surface area contributed by atoms with E-state index in [1.165, 1.54) is 17.8 Å². The van der Waals surface area contributed by atoms with Crippen molar-refractivity contribution >= 4 is 51.8 Å². The van der Waals surface area contributed by atoms with Gasteiger partial charge in [-0.3, -0.25) is 9.59 Å². The molecule has 0 bridgehead atoms. The van der Waals surface area contributed by atoms with E-state index in [4.69, 9.17) is 0 Å². The molecule has 0 aliphatic rings. The first-order valence-corrected chi connectivity index (χ1v) is 11.2. The Kier molecular flexibility index (Phi) is 7.00. The molecule has 0 saturated carbocycles. The Bertz CT molecular complexity index is 1250. The highest BCUT2D eigenvalue weighted by molar-refractivity contribution is 8.00. The van der Waals surface area contributed by atoms with Crippen molar-refractivity contribution in [2.24, 2.45) is 0 Å². The molecule has 158 valence electrons. The number of amides is 2. The molecule has 0 aromatic heterocycles. The van der Waals surface area contributed by atoms with Crippen LogP contribution in [0.15, 0.2) is 108 Å². The molecule has 32 heavy (non-hydrogen) atoms. The first-order valence-electron chi connectivity index (χ1n) is 10.2. The SMILES string of the molecule is O=C(/C=C/c1ccccc1)Nc1ccc(SCC(=O)Nc2ccc3ccccc3c2)cc1. The molecule has 0 radical (unpaired) electrons. The molecular weight excluding hydrogens is 416 g/mol.